The maximum atomic E-state index is 13.0. The molecule has 1 saturated heterocycles. The van der Waals surface area contributed by atoms with E-state index in [0.717, 1.165) is 17.3 Å². The molecule has 1 aliphatic rings. The number of carbonyl (C=O) groups is 1. The molecule has 0 bridgehead atoms. The first-order chi connectivity index (χ1) is 13.7. The molecular formula is C16H9ClF8N4O. The van der Waals surface area contributed by atoms with Crippen LogP contribution in [0.3, 0.4) is 0 Å². The van der Waals surface area contributed by atoms with Gasteiger partial charge in [0, 0.05) is 11.6 Å². The van der Waals surface area contributed by atoms with E-state index < -0.39 is 64.9 Å². The summed E-state index contributed by atoms with van der Waals surface area (Å²) in [6.45, 7) is -1.61. The smallest absolute Gasteiger partial charge is 0.327 e. The molecule has 30 heavy (non-hydrogen) atoms. The van der Waals surface area contributed by atoms with Crippen LogP contribution in [0.15, 0.2) is 30.6 Å². The molecule has 0 atom stereocenters. The maximum absolute atomic E-state index is 13.0. The minimum absolute atomic E-state index is 0.0467. The minimum Gasteiger partial charge on any atom is -0.327 e. The second-order valence-corrected chi connectivity index (χ2v) is 6.71. The molecule has 0 aliphatic carbocycles. The largest absolute Gasteiger partial charge is 0.416 e. The first kappa shape index (κ1) is 22.0. The van der Waals surface area contributed by atoms with Crippen LogP contribution in [0.2, 0.25) is 0 Å². The van der Waals surface area contributed by atoms with Gasteiger partial charge in [0.15, 0.2) is 5.82 Å². The number of alkyl halides is 8. The Kier molecular flexibility index (Phi) is 5.29. The van der Waals surface area contributed by atoms with E-state index in [4.69, 9.17) is 11.6 Å². The summed E-state index contributed by atoms with van der Waals surface area (Å²) in [4.78, 5) is 16.2. The molecule has 1 aromatic carbocycles. The number of halogens is 9. The predicted molar refractivity (Wildman–Crippen MR) is 87.1 cm³/mol. The summed E-state index contributed by atoms with van der Waals surface area (Å²) in [6.07, 6.45) is -8.54. The second kappa shape index (κ2) is 7.22. The van der Waals surface area contributed by atoms with Crippen LogP contribution in [0.4, 0.5) is 35.1 Å². The monoisotopic (exact) mass is 460 g/mol. The topological polar surface area (TPSA) is 51.0 Å². The molecule has 14 heteroatoms. The normalized spacial score (nSPS) is 17.1. The van der Waals surface area contributed by atoms with Gasteiger partial charge in [-0.15, -0.1) is 5.10 Å². The summed E-state index contributed by atoms with van der Waals surface area (Å²) >= 11 is 5.83. The third kappa shape index (κ3) is 4.71. The van der Waals surface area contributed by atoms with Gasteiger partial charge in [0.25, 0.3) is 5.92 Å². The number of likely N-dealkylation sites (tertiary alicyclic amines) is 1. The number of hydrogen-bond donors (Lipinski definition) is 0. The van der Waals surface area contributed by atoms with Crippen LogP contribution in [0.5, 0.6) is 0 Å². The standard InChI is InChI=1S/C16H9ClF8N4O/c17-11(4-12(30)28-5-14(18,19)6-28)29-7-26-13(27-29)8-1-9(15(20,21)22)3-10(2-8)16(23,24)25/h1-4,7H,5-6H2. The fraction of sp³-hybridized carbons (Fsp3) is 0.312. The predicted octanol–water partition coefficient (Wildman–Crippen LogP) is 4.50. The van der Waals surface area contributed by atoms with E-state index in [1.54, 1.807) is 0 Å². The molecule has 0 saturated carbocycles. The summed E-state index contributed by atoms with van der Waals surface area (Å²) in [5, 5.41) is 3.22. The van der Waals surface area contributed by atoms with Crippen molar-refractivity contribution in [1.29, 1.82) is 0 Å². The molecule has 0 spiro atoms. The van der Waals surface area contributed by atoms with Crippen molar-refractivity contribution in [2.75, 3.05) is 13.1 Å². The molecule has 0 N–H and O–H groups in total. The van der Waals surface area contributed by atoms with Gasteiger partial charge in [-0.05, 0) is 18.2 Å². The first-order valence-electron chi connectivity index (χ1n) is 7.91. The average Bonchev–Trinajstić information content (AvgIpc) is 3.08. The van der Waals surface area contributed by atoms with Gasteiger partial charge in [0.2, 0.25) is 5.91 Å². The van der Waals surface area contributed by atoms with Crippen molar-refractivity contribution >= 4 is 22.7 Å². The Hall–Kier alpha value is -2.70. The first-order valence-corrected chi connectivity index (χ1v) is 8.29. The van der Waals surface area contributed by atoms with E-state index in [9.17, 15) is 39.9 Å². The number of aromatic nitrogens is 3. The van der Waals surface area contributed by atoms with E-state index in [1.165, 1.54) is 0 Å². The lowest BCUT2D eigenvalue weighted by Crippen LogP contribution is -2.58. The fourth-order valence-electron chi connectivity index (χ4n) is 2.51. The fourth-order valence-corrected chi connectivity index (χ4v) is 2.68. The highest BCUT2D eigenvalue weighted by Gasteiger charge is 2.45. The van der Waals surface area contributed by atoms with Crippen LogP contribution >= 0.6 is 11.6 Å². The Morgan fingerprint density at radius 3 is 2.03 bits per heavy atom. The van der Waals surface area contributed by atoms with Crippen molar-refractivity contribution in [2.45, 2.75) is 18.3 Å². The summed E-state index contributed by atoms with van der Waals surface area (Å²) in [7, 11) is 0. The van der Waals surface area contributed by atoms with E-state index in [2.05, 4.69) is 10.1 Å². The average molecular weight is 461 g/mol. The number of amides is 1. The van der Waals surface area contributed by atoms with E-state index in [1.807, 2.05) is 0 Å². The number of carbonyl (C=O) groups excluding carboxylic acids is 1. The van der Waals surface area contributed by atoms with Crippen LogP contribution in [0.25, 0.3) is 16.5 Å². The van der Waals surface area contributed by atoms with Crippen molar-refractivity contribution in [2.24, 2.45) is 0 Å². The lowest BCUT2D eigenvalue weighted by molar-refractivity contribution is -0.160. The third-order valence-corrected chi connectivity index (χ3v) is 4.24. The maximum Gasteiger partial charge on any atom is 0.416 e. The van der Waals surface area contributed by atoms with E-state index in [0.29, 0.717) is 16.8 Å². The summed E-state index contributed by atoms with van der Waals surface area (Å²) < 4.78 is 104. The number of benzene rings is 1. The lowest BCUT2D eigenvalue weighted by Gasteiger charge is -2.37. The zero-order valence-corrected chi connectivity index (χ0v) is 15.2. The van der Waals surface area contributed by atoms with Crippen LogP contribution in [-0.4, -0.2) is 44.6 Å². The van der Waals surface area contributed by atoms with Gasteiger partial charge in [0.1, 0.15) is 11.5 Å². The molecule has 1 aliphatic heterocycles. The summed E-state index contributed by atoms with van der Waals surface area (Å²) in [5.41, 5.74) is -3.70. The van der Waals surface area contributed by atoms with Crippen molar-refractivity contribution in [3.63, 3.8) is 0 Å². The molecule has 2 aromatic rings. The second-order valence-electron chi connectivity index (χ2n) is 6.32. The van der Waals surface area contributed by atoms with Crippen LogP contribution < -0.4 is 0 Å². The zero-order chi connectivity index (χ0) is 22.5. The third-order valence-electron chi connectivity index (χ3n) is 3.96. The van der Waals surface area contributed by atoms with Crippen LogP contribution in [0, 0.1) is 0 Å². The van der Waals surface area contributed by atoms with Gasteiger partial charge in [-0.3, -0.25) is 4.79 Å². The molecule has 2 heterocycles. The minimum atomic E-state index is -5.05. The molecule has 1 amide bonds. The van der Waals surface area contributed by atoms with Crippen molar-refractivity contribution < 1.29 is 39.9 Å². The summed E-state index contributed by atoms with van der Waals surface area (Å²) in [5.74, 6) is -4.40. The van der Waals surface area contributed by atoms with Crippen molar-refractivity contribution in [3.05, 3.63) is 41.7 Å². The highest BCUT2D eigenvalue weighted by atomic mass is 35.5. The Bertz CT molecular complexity index is 971. The van der Waals surface area contributed by atoms with Gasteiger partial charge in [-0.1, -0.05) is 11.6 Å². The Morgan fingerprint density at radius 2 is 1.57 bits per heavy atom. The zero-order valence-electron chi connectivity index (χ0n) is 14.4. The Balaban J connectivity index is 1.90. The molecule has 162 valence electrons. The molecular weight excluding hydrogens is 452 g/mol. The van der Waals surface area contributed by atoms with Crippen molar-refractivity contribution in [3.8, 4) is 11.4 Å². The van der Waals surface area contributed by atoms with Gasteiger partial charge in [0.05, 0.1) is 24.2 Å². The Labute approximate surface area is 167 Å². The number of hydrogen-bond acceptors (Lipinski definition) is 3. The van der Waals surface area contributed by atoms with Crippen LogP contribution in [-0.2, 0) is 17.1 Å². The molecule has 0 unspecified atom stereocenters. The molecule has 3 rings (SSSR count). The Morgan fingerprint density at radius 1 is 1.03 bits per heavy atom. The summed E-state index contributed by atoms with van der Waals surface area (Å²) in [6, 6.07) is 0.814. The molecule has 1 aromatic heterocycles. The van der Waals surface area contributed by atoms with Crippen molar-refractivity contribution in [1.82, 2.24) is 19.7 Å². The van der Waals surface area contributed by atoms with Gasteiger partial charge >= 0.3 is 12.4 Å². The number of nitrogens with zero attached hydrogens (tertiary/aromatic N) is 4. The highest BCUT2D eigenvalue weighted by molar-refractivity contribution is 6.46. The van der Waals surface area contributed by atoms with E-state index in [-0.39, 0.29) is 6.07 Å². The molecule has 1 fully saturated rings. The van der Waals surface area contributed by atoms with Gasteiger partial charge < -0.3 is 4.90 Å². The number of rotatable bonds is 3. The quantitative estimate of drug-likeness (QED) is 0.501. The van der Waals surface area contributed by atoms with Crippen LogP contribution in [0.1, 0.15) is 11.1 Å². The lowest BCUT2D eigenvalue weighted by atomic mass is 10.0. The molecule has 5 nitrogen and oxygen atoms in total. The SMILES string of the molecule is O=C(C=C(Cl)n1cnc(-c2cc(C(F)(F)F)cc(C(F)(F)F)c2)n1)N1CC(F)(F)C1. The molecule has 0 radical (unpaired) electrons. The van der Waals surface area contributed by atoms with Gasteiger partial charge in [-0.2, -0.15) is 26.3 Å². The highest BCUT2D eigenvalue weighted by Crippen LogP contribution is 2.38. The van der Waals surface area contributed by atoms with E-state index >= 15 is 0 Å². The van der Waals surface area contributed by atoms with Gasteiger partial charge in [-0.25, -0.2) is 18.4 Å².